The van der Waals surface area contributed by atoms with Gasteiger partial charge in [-0.3, -0.25) is 0 Å². The summed E-state index contributed by atoms with van der Waals surface area (Å²) in [6.07, 6.45) is 1.42. The maximum Gasteiger partial charge on any atom is 0.247 e. The summed E-state index contributed by atoms with van der Waals surface area (Å²) in [5.74, 6) is 0.888. The van der Waals surface area contributed by atoms with E-state index in [1.165, 1.54) is 6.20 Å². The van der Waals surface area contributed by atoms with Gasteiger partial charge in [-0.15, -0.1) is 0 Å². The molecule has 0 aliphatic heterocycles. The molecule has 104 valence electrons. The molecule has 0 radical (unpaired) electrons. The minimum Gasteiger partial charge on any atom is -0.437 e. The summed E-state index contributed by atoms with van der Waals surface area (Å²) in [5.41, 5.74) is 8.34. The Bertz CT molecular complexity index is 745. The topological polar surface area (TPSA) is 61.0 Å². The third-order valence-electron chi connectivity index (χ3n) is 2.93. The molecular weight excluding hydrogens is 286 g/mol. The van der Waals surface area contributed by atoms with Crippen molar-refractivity contribution in [2.75, 3.05) is 5.73 Å². The second-order valence-electron chi connectivity index (χ2n) is 4.39. The molecule has 3 aromatic rings. The highest BCUT2D eigenvalue weighted by Gasteiger charge is 2.06. The normalized spacial score (nSPS) is 10.3. The molecule has 0 amide bonds. The Morgan fingerprint density at radius 2 is 1.57 bits per heavy atom. The lowest BCUT2D eigenvalue weighted by Gasteiger charge is -2.08. The zero-order valence-electron chi connectivity index (χ0n) is 11.0. The summed E-state index contributed by atoms with van der Waals surface area (Å²) in [4.78, 5) is 7.74. The van der Waals surface area contributed by atoms with Crippen molar-refractivity contribution >= 4 is 17.3 Å². The maximum atomic E-state index is 5.75. The van der Waals surface area contributed by atoms with Crippen LogP contribution < -0.4 is 10.5 Å². The summed E-state index contributed by atoms with van der Waals surface area (Å²) < 4.78 is 5.62. The Balaban J connectivity index is 1.83. The first-order valence-electron chi connectivity index (χ1n) is 6.34. The fourth-order valence-electron chi connectivity index (χ4n) is 1.89. The molecule has 0 atom stereocenters. The molecule has 5 heteroatoms. The first kappa shape index (κ1) is 13.4. The number of benzene rings is 2. The number of hydrogen-bond donors (Lipinski definition) is 1. The quantitative estimate of drug-likeness (QED) is 0.737. The van der Waals surface area contributed by atoms with E-state index in [0.29, 0.717) is 11.4 Å². The fourth-order valence-corrected chi connectivity index (χ4v) is 2.02. The summed E-state index contributed by atoms with van der Waals surface area (Å²) in [6, 6.07) is 17.8. The van der Waals surface area contributed by atoms with Crippen molar-refractivity contribution in [1.82, 2.24) is 9.97 Å². The predicted molar refractivity (Wildman–Crippen MR) is 83.4 cm³/mol. The molecule has 0 aliphatic carbocycles. The van der Waals surface area contributed by atoms with Gasteiger partial charge in [-0.05, 0) is 34.9 Å². The highest BCUT2D eigenvalue weighted by Crippen LogP contribution is 2.28. The lowest BCUT2D eigenvalue weighted by molar-refractivity contribution is 0.464. The van der Waals surface area contributed by atoms with Crippen molar-refractivity contribution in [2.45, 2.75) is 0 Å². The number of nitrogens with two attached hydrogens (primary N) is 1. The van der Waals surface area contributed by atoms with Gasteiger partial charge in [-0.1, -0.05) is 42.5 Å². The van der Waals surface area contributed by atoms with Crippen molar-refractivity contribution in [3.63, 3.8) is 0 Å². The lowest BCUT2D eigenvalue weighted by Crippen LogP contribution is -1.96. The molecule has 0 saturated carbocycles. The SMILES string of the molecule is Nc1cnc(Cl)nc1Oc1ccc(-c2ccccc2)cc1. The molecule has 1 heterocycles. The van der Waals surface area contributed by atoms with Crippen LogP contribution >= 0.6 is 11.6 Å². The van der Waals surface area contributed by atoms with Crippen LogP contribution in [-0.2, 0) is 0 Å². The number of rotatable bonds is 3. The molecule has 21 heavy (non-hydrogen) atoms. The number of halogens is 1. The number of aromatic nitrogens is 2. The second kappa shape index (κ2) is 5.81. The minimum atomic E-state index is 0.0973. The van der Waals surface area contributed by atoms with Gasteiger partial charge in [0.15, 0.2) is 0 Å². The van der Waals surface area contributed by atoms with Gasteiger partial charge in [-0.2, -0.15) is 4.98 Å². The molecule has 1 aromatic heterocycles. The van der Waals surface area contributed by atoms with E-state index in [9.17, 15) is 0 Å². The van der Waals surface area contributed by atoms with Gasteiger partial charge in [0.25, 0.3) is 0 Å². The Labute approximate surface area is 127 Å². The smallest absolute Gasteiger partial charge is 0.247 e. The van der Waals surface area contributed by atoms with E-state index in [1.54, 1.807) is 0 Å². The van der Waals surface area contributed by atoms with Gasteiger partial charge in [0.2, 0.25) is 11.2 Å². The van der Waals surface area contributed by atoms with Crippen molar-refractivity contribution in [2.24, 2.45) is 0 Å². The maximum absolute atomic E-state index is 5.75. The zero-order chi connectivity index (χ0) is 14.7. The van der Waals surface area contributed by atoms with E-state index in [1.807, 2.05) is 42.5 Å². The number of nitrogen functional groups attached to an aromatic ring is 1. The van der Waals surface area contributed by atoms with Crippen LogP contribution in [0.4, 0.5) is 5.69 Å². The molecule has 3 rings (SSSR count). The van der Waals surface area contributed by atoms with Gasteiger partial charge in [0.05, 0.1) is 6.20 Å². The van der Waals surface area contributed by atoms with Crippen molar-refractivity contribution in [3.8, 4) is 22.8 Å². The summed E-state index contributed by atoms with van der Waals surface area (Å²) in [6.45, 7) is 0. The van der Waals surface area contributed by atoms with Crippen molar-refractivity contribution < 1.29 is 4.74 Å². The van der Waals surface area contributed by atoms with E-state index in [0.717, 1.165) is 11.1 Å². The molecule has 0 saturated heterocycles. The van der Waals surface area contributed by atoms with Crippen LogP contribution in [0.1, 0.15) is 0 Å². The van der Waals surface area contributed by atoms with Crippen LogP contribution in [0.2, 0.25) is 5.28 Å². The van der Waals surface area contributed by atoms with Gasteiger partial charge >= 0.3 is 0 Å². The van der Waals surface area contributed by atoms with Gasteiger partial charge in [-0.25, -0.2) is 4.98 Å². The minimum absolute atomic E-state index is 0.0973. The van der Waals surface area contributed by atoms with Gasteiger partial charge in [0, 0.05) is 0 Å². The second-order valence-corrected chi connectivity index (χ2v) is 4.73. The van der Waals surface area contributed by atoms with Crippen LogP contribution in [0.15, 0.2) is 60.8 Å². The van der Waals surface area contributed by atoms with Crippen LogP contribution in [0.25, 0.3) is 11.1 Å². The van der Waals surface area contributed by atoms with E-state index >= 15 is 0 Å². The van der Waals surface area contributed by atoms with E-state index in [2.05, 4.69) is 22.1 Å². The Morgan fingerprint density at radius 3 is 2.29 bits per heavy atom. The average molecular weight is 298 g/mol. The molecule has 0 fully saturated rings. The van der Waals surface area contributed by atoms with Crippen LogP contribution in [0.3, 0.4) is 0 Å². The third kappa shape index (κ3) is 3.12. The summed E-state index contributed by atoms with van der Waals surface area (Å²) >= 11 is 5.73. The standard InChI is InChI=1S/C16H12ClN3O/c17-16-19-10-14(18)15(20-16)21-13-8-6-12(7-9-13)11-4-2-1-3-5-11/h1-10H,18H2. The predicted octanol–water partition coefficient (Wildman–Crippen LogP) is 4.17. The Morgan fingerprint density at radius 1 is 0.905 bits per heavy atom. The molecule has 0 spiro atoms. The average Bonchev–Trinajstić information content (AvgIpc) is 2.53. The fraction of sp³-hybridized carbons (Fsp3) is 0. The zero-order valence-corrected chi connectivity index (χ0v) is 11.8. The van der Waals surface area contributed by atoms with Crippen LogP contribution in [0.5, 0.6) is 11.6 Å². The number of hydrogen-bond acceptors (Lipinski definition) is 4. The molecule has 0 bridgehead atoms. The monoisotopic (exact) mass is 297 g/mol. The number of anilines is 1. The highest BCUT2D eigenvalue weighted by atomic mass is 35.5. The molecule has 0 aliphatic rings. The number of nitrogens with zero attached hydrogens (tertiary/aromatic N) is 2. The highest BCUT2D eigenvalue weighted by molar-refractivity contribution is 6.28. The summed E-state index contributed by atoms with van der Waals surface area (Å²) in [7, 11) is 0. The van der Waals surface area contributed by atoms with Crippen LogP contribution in [0, 0.1) is 0 Å². The molecule has 4 nitrogen and oxygen atoms in total. The number of ether oxygens (including phenoxy) is 1. The first-order chi connectivity index (χ1) is 10.2. The Kier molecular flexibility index (Phi) is 3.71. The van der Waals surface area contributed by atoms with E-state index in [4.69, 9.17) is 22.1 Å². The summed E-state index contributed by atoms with van der Waals surface area (Å²) in [5, 5.41) is 0.0973. The third-order valence-corrected chi connectivity index (χ3v) is 3.11. The first-order valence-corrected chi connectivity index (χ1v) is 6.71. The van der Waals surface area contributed by atoms with Crippen molar-refractivity contribution in [1.29, 1.82) is 0 Å². The van der Waals surface area contributed by atoms with E-state index in [-0.39, 0.29) is 11.2 Å². The lowest BCUT2D eigenvalue weighted by atomic mass is 10.1. The Hall–Kier alpha value is -2.59. The van der Waals surface area contributed by atoms with Crippen molar-refractivity contribution in [3.05, 3.63) is 66.1 Å². The van der Waals surface area contributed by atoms with Gasteiger partial charge in [0.1, 0.15) is 11.4 Å². The molecule has 2 aromatic carbocycles. The molecular formula is C16H12ClN3O. The van der Waals surface area contributed by atoms with E-state index < -0.39 is 0 Å². The largest absolute Gasteiger partial charge is 0.437 e. The van der Waals surface area contributed by atoms with Gasteiger partial charge < -0.3 is 10.5 Å². The molecule has 2 N–H and O–H groups in total. The van der Waals surface area contributed by atoms with Crippen LogP contribution in [-0.4, -0.2) is 9.97 Å². The molecule has 0 unspecified atom stereocenters.